The van der Waals surface area contributed by atoms with Crippen LogP contribution in [-0.2, 0) is 5.41 Å². The Kier molecular flexibility index (Phi) is 3.35. The van der Waals surface area contributed by atoms with Crippen LogP contribution in [0.1, 0.15) is 56.3 Å². The summed E-state index contributed by atoms with van der Waals surface area (Å²) in [5, 5.41) is 3.42. The minimum absolute atomic E-state index is 0.0677. The van der Waals surface area contributed by atoms with Crippen LogP contribution in [0.5, 0.6) is 0 Å². The summed E-state index contributed by atoms with van der Waals surface area (Å²) >= 11 is 0. The molecule has 1 heterocycles. The van der Waals surface area contributed by atoms with Crippen molar-refractivity contribution in [2.24, 2.45) is 0 Å². The van der Waals surface area contributed by atoms with Crippen LogP contribution in [0.25, 0.3) is 0 Å². The van der Waals surface area contributed by atoms with E-state index < -0.39 is 0 Å². The number of ketones is 2. The Labute approximate surface area is 158 Å². The van der Waals surface area contributed by atoms with Crippen molar-refractivity contribution >= 4 is 17.3 Å². The number of rotatable bonds is 1. The van der Waals surface area contributed by atoms with Crippen LogP contribution in [-0.4, -0.2) is 18.1 Å². The zero-order chi connectivity index (χ0) is 18.6. The number of nitrogens with one attached hydrogen (secondary N) is 1. The molecule has 0 aromatic heterocycles. The predicted molar refractivity (Wildman–Crippen MR) is 106 cm³/mol. The molecule has 0 saturated heterocycles. The van der Waals surface area contributed by atoms with Gasteiger partial charge in [0.05, 0.1) is 11.3 Å². The van der Waals surface area contributed by atoms with E-state index in [9.17, 15) is 9.59 Å². The lowest BCUT2D eigenvalue weighted by atomic mass is 9.69. The zero-order valence-electron chi connectivity index (χ0n) is 15.1. The second-order valence-electron chi connectivity index (χ2n) is 7.49. The number of anilines is 1. The van der Waals surface area contributed by atoms with Gasteiger partial charge in [0.15, 0.2) is 11.6 Å². The van der Waals surface area contributed by atoms with Gasteiger partial charge >= 0.3 is 0 Å². The first-order valence-corrected chi connectivity index (χ1v) is 9.26. The standard InChI is InChI=1S/C24H19NO2/c1-24(15-7-3-2-4-8-15)13-14-25-21-19(24)12-11-18-20(21)23(27)17-10-6-5-9-16(17)22(18)26/h2-12,25H,13-14H2,1H3. The fraction of sp³-hybridized carbons (Fsp3) is 0.167. The molecule has 0 amide bonds. The first-order chi connectivity index (χ1) is 13.1. The van der Waals surface area contributed by atoms with Crippen molar-refractivity contribution in [3.8, 4) is 0 Å². The van der Waals surface area contributed by atoms with Crippen molar-refractivity contribution in [1.82, 2.24) is 0 Å². The highest BCUT2D eigenvalue weighted by Crippen LogP contribution is 2.46. The average Bonchev–Trinajstić information content (AvgIpc) is 2.72. The van der Waals surface area contributed by atoms with E-state index in [0.29, 0.717) is 22.3 Å². The number of benzene rings is 3. The van der Waals surface area contributed by atoms with Crippen molar-refractivity contribution < 1.29 is 9.59 Å². The molecule has 1 N–H and O–H groups in total. The van der Waals surface area contributed by atoms with E-state index in [1.165, 1.54) is 5.56 Å². The summed E-state index contributed by atoms with van der Waals surface area (Å²) < 4.78 is 0. The zero-order valence-corrected chi connectivity index (χ0v) is 15.1. The number of fused-ring (bicyclic) bond motifs is 4. The fourth-order valence-electron chi connectivity index (χ4n) is 4.51. The van der Waals surface area contributed by atoms with E-state index in [1.807, 2.05) is 36.4 Å². The van der Waals surface area contributed by atoms with E-state index in [4.69, 9.17) is 0 Å². The molecule has 0 fully saturated rings. The van der Waals surface area contributed by atoms with Crippen LogP contribution < -0.4 is 5.32 Å². The summed E-state index contributed by atoms with van der Waals surface area (Å²) in [6, 6.07) is 21.3. The number of carbonyl (C=O) groups is 2. The van der Waals surface area contributed by atoms with Gasteiger partial charge in [-0.25, -0.2) is 0 Å². The molecule has 3 aromatic rings. The van der Waals surface area contributed by atoms with Crippen molar-refractivity contribution in [1.29, 1.82) is 0 Å². The third-order valence-electron chi connectivity index (χ3n) is 6.03. The largest absolute Gasteiger partial charge is 0.384 e. The van der Waals surface area contributed by atoms with Gasteiger partial charge in [-0.15, -0.1) is 0 Å². The number of hydrogen-bond acceptors (Lipinski definition) is 3. The van der Waals surface area contributed by atoms with Gasteiger partial charge in [-0.05, 0) is 23.6 Å². The summed E-state index contributed by atoms with van der Waals surface area (Å²) in [5.41, 5.74) is 4.95. The van der Waals surface area contributed by atoms with Crippen LogP contribution in [0, 0.1) is 0 Å². The van der Waals surface area contributed by atoms with E-state index >= 15 is 0 Å². The Hall–Kier alpha value is -3.20. The summed E-state index contributed by atoms with van der Waals surface area (Å²) in [6.45, 7) is 2.98. The van der Waals surface area contributed by atoms with E-state index in [-0.39, 0.29) is 17.0 Å². The molecular formula is C24H19NO2. The highest BCUT2D eigenvalue weighted by atomic mass is 16.1. The maximum absolute atomic E-state index is 13.3. The molecule has 3 aromatic carbocycles. The van der Waals surface area contributed by atoms with E-state index in [1.54, 1.807) is 18.2 Å². The molecule has 0 saturated carbocycles. The Morgan fingerprint density at radius 2 is 1.44 bits per heavy atom. The highest BCUT2D eigenvalue weighted by Gasteiger charge is 2.39. The quantitative estimate of drug-likeness (QED) is 0.545. The number of carbonyl (C=O) groups excluding carboxylic acids is 2. The Morgan fingerprint density at radius 1 is 0.778 bits per heavy atom. The molecule has 3 heteroatoms. The minimum Gasteiger partial charge on any atom is -0.384 e. The lowest BCUT2D eigenvalue weighted by Gasteiger charge is -2.39. The minimum atomic E-state index is -0.197. The lowest BCUT2D eigenvalue weighted by Crippen LogP contribution is -2.35. The molecule has 1 aliphatic carbocycles. The fourth-order valence-corrected chi connectivity index (χ4v) is 4.51. The summed E-state index contributed by atoms with van der Waals surface area (Å²) in [4.78, 5) is 26.3. The summed E-state index contributed by atoms with van der Waals surface area (Å²) in [5.74, 6) is -0.140. The number of hydrogen-bond donors (Lipinski definition) is 1. The van der Waals surface area contributed by atoms with Gasteiger partial charge in [0.25, 0.3) is 0 Å². The summed E-state index contributed by atoms with van der Waals surface area (Å²) in [6.07, 6.45) is 0.932. The molecular weight excluding hydrogens is 334 g/mol. The summed E-state index contributed by atoms with van der Waals surface area (Å²) in [7, 11) is 0. The first kappa shape index (κ1) is 16.0. The molecule has 1 atom stereocenters. The van der Waals surface area contributed by atoms with Crippen LogP contribution in [0.3, 0.4) is 0 Å². The van der Waals surface area contributed by atoms with Gasteiger partial charge < -0.3 is 5.32 Å². The third-order valence-corrected chi connectivity index (χ3v) is 6.03. The molecule has 27 heavy (non-hydrogen) atoms. The SMILES string of the molecule is CC1(c2ccccc2)CCNc2c1ccc1c2C(=O)c2ccccc2C1=O. The molecule has 0 bridgehead atoms. The maximum atomic E-state index is 13.3. The van der Waals surface area contributed by atoms with Crippen LogP contribution in [0.2, 0.25) is 0 Å². The van der Waals surface area contributed by atoms with Gasteiger partial charge in [-0.1, -0.05) is 67.6 Å². The molecule has 1 aliphatic heterocycles. The third kappa shape index (κ3) is 2.15. The Morgan fingerprint density at radius 3 is 2.19 bits per heavy atom. The molecule has 5 rings (SSSR count). The highest BCUT2D eigenvalue weighted by molar-refractivity contribution is 6.30. The average molecular weight is 353 g/mol. The van der Waals surface area contributed by atoms with Crippen LogP contribution >= 0.6 is 0 Å². The second-order valence-corrected chi connectivity index (χ2v) is 7.49. The van der Waals surface area contributed by atoms with Crippen molar-refractivity contribution in [2.75, 3.05) is 11.9 Å². The Bertz CT molecular complexity index is 1100. The Balaban J connectivity index is 1.76. The van der Waals surface area contributed by atoms with Crippen molar-refractivity contribution in [3.05, 3.63) is 100 Å². The molecule has 2 aliphatic rings. The van der Waals surface area contributed by atoms with Gasteiger partial charge in [0.1, 0.15) is 0 Å². The van der Waals surface area contributed by atoms with Crippen LogP contribution in [0.15, 0.2) is 66.7 Å². The van der Waals surface area contributed by atoms with Gasteiger partial charge in [0.2, 0.25) is 0 Å². The van der Waals surface area contributed by atoms with Gasteiger partial charge in [-0.2, -0.15) is 0 Å². The van der Waals surface area contributed by atoms with Gasteiger partial charge in [0, 0.05) is 28.7 Å². The predicted octanol–water partition coefficient (Wildman–Crippen LogP) is 4.58. The topological polar surface area (TPSA) is 46.2 Å². The molecule has 3 nitrogen and oxygen atoms in total. The molecule has 132 valence electrons. The molecule has 0 spiro atoms. The monoisotopic (exact) mass is 353 g/mol. The van der Waals surface area contributed by atoms with Gasteiger partial charge in [-0.3, -0.25) is 9.59 Å². The normalized spacial score (nSPS) is 20.3. The maximum Gasteiger partial charge on any atom is 0.196 e. The second kappa shape index (κ2) is 5.65. The van der Waals surface area contributed by atoms with Crippen molar-refractivity contribution in [2.45, 2.75) is 18.8 Å². The van der Waals surface area contributed by atoms with Crippen LogP contribution in [0.4, 0.5) is 5.69 Å². The lowest BCUT2D eigenvalue weighted by molar-refractivity contribution is 0.0979. The smallest absolute Gasteiger partial charge is 0.196 e. The van der Waals surface area contributed by atoms with E-state index in [2.05, 4.69) is 24.4 Å². The molecule has 1 unspecified atom stereocenters. The van der Waals surface area contributed by atoms with Crippen molar-refractivity contribution in [3.63, 3.8) is 0 Å². The first-order valence-electron chi connectivity index (χ1n) is 9.26. The van der Waals surface area contributed by atoms with E-state index in [0.717, 1.165) is 24.2 Å². The molecule has 0 radical (unpaired) electrons.